The van der Waals surface area contributed by atoms with Crippen molar-refractivity contribution in [1.82, 2.24) is 35.6 Å². The van der Waals surface area contributed by atoms with Gasteiger partial charge in [-0.3, -0.25) is 33.8 Å². The molecule has 0 aromatic heterocycles. The highest BCUT2D eigenvalue weighted by Gasteiger charge is 2.43. The Hall–Kier alpha value is -5.51. The number of carbonyl (C=O) groups is 6. The van der Waals surface area contributed by atoms with Gasteiger partial charge in [-0.2, -0.15) is 0 Å². The first-order valence-corrected chi connectivity index (χ1v) is 22.5. The number of hydrogen-bond acceptors (Lipinski definition) is 8. The first-order valence-electron chi connectivity index (χ1n) is 22.5. The van der Waals surface area contributed by atoms with E-state index < -0.39 is 65.8 Å². The third kappa shape index (κ3) is 15.6. The number of carbonyl (C=O) groups excluding carboxylic acids is 6. The number of amides is 6. The molecule has 2 aromatic carbocycles. The Labute approximate surface area is 382 Å². The summed E-state index contributed by atoms with van der Waals surface area (Å²) < 4.78 is 0. The molecule has 16 heteroatoms. The summed E-state index contributed by atoms with van der Waals surface area (Å²) in [6.45, 7) is 15.6. The maximum Gasteiger partial charge on any atom is 0.246 e. The van der Waals surface area contributed by atoms with Crippen molar-refractivity contribution in [2.24, 2.45) is 40.1 Å². The zero-order valence-corrected chi connectivity index (χ0v) is 40.6. The van der Waals surface area contributed by atoms with Crippen molar-refractivity contribution in [2.75, 3.05) is 48.3 Å². The standard InChI is InChI=1S/C48H78N10O6/c1-30(2)38(51-9)43(60)54-39(31(3)4)45(62)58(13)41(33(7)8)47(64)56(11)37(29-35-24-18-15-19-25-35)44(61)57(12)40(32(5)6)46(63)55(10)36(28-34-22-16-14-17-23-34)42(59)52-26-20-21-27-53-48(49)50/h14-19,22-25,30-33,36-41,51H,20-21,26-29H2,1-13H3,(H,52,59)(H,54,60)(H4,49,50,53)/t36-,37-,38-,39-,40-,41-/m0/s1. The highest BCUT2D eigenvalue weighted by molar-refractivity contribution is 5.97. The molecule has 6 amide bonds. The number of benzene rings is 2. The Bertz CT molecular complexity index is 1840. The number of guanidine groups is 1. The second-order valence-electron chi connectivity index (χ2n) is 18.1. The molecule has 0 fully saturated rings. The first kappa shape index (κ1) is 54.6. The third-order valence-electron chi connectivity index (χ3n) is 11.7. The van der Waals surface area contributed by atoms with Crippen LogP contribution < -0.4 is 27.4 Å². The average molecular weight is 891 g/mol. The van der Waals surface area contributed by atoms with Gasteiger partial charge in [-0.1, -0.05) is 116 Å². The van der Waals surface area contributed by atoms with Gasteiger partial charge in [-0.25, -0.2) is 0 Å². The van der Waals surface area contributed by atoms with Crippen LogP contribution in [0.15, 0.2) is 65.7 Å². The molecule has 0 bridgehead atoms. The molecule has 7 N–H and O–H groups in total. The lowest BCUT2D eigenvalue weighted by molar-refractivity contribution is -0.156. The predicted molar refractivity (Wildman–Crippen MR) is 254 cm³/mol. The smallest absolute Gasteiger partial charge is 0.246 e. The molecule has 0 radical (unpaired) electrons. The van der Waals surface area contributed by atoms with E-state index in [0.29, 0.717) is 25.9 Å². The van der Waals surface area contributed by atoms with Crippen LogP contribution in [0.3, 0.4) is 0 Å². The lowest BCUT2D eigenvalue weighted by Gasteiger charge is -2.41. The minimum absolute atomic E-state index is 0.00235. The van der Waals surface area contributed by atoms with E-state index in [9.17, 15) is 24.0 Å². The summed E-state index contributed by atoms with van der Waals surface area (Å²) in [5.74, 6) is -3.60. The van der Waals surface area contributed by atoms with Gasteiger partial charge < -0.3 is 47.0 Å². The van der Waals surface area contributed by atoms with Crippen LogP contribution in [-0.2, 0) is 41.6 Å². The fraction of sp³-hybridized carbons (Fsp3) is 0.604. The molecule has 64 heavy (non-hydrogen) atoms. The van der Waals surface area contributed by atoms with Gasteiger partial charge in [0.15, 0.2) is 5.96 Å². The van der Waals surface area contributed by atoms with Gasteiger partial charge in [0.25, 0.3) is 0 Å². The summed E-state index contributed by atoms with van der Waals surface area (Å²) in [6, 6.07) is 13.2. The maximum atomic E-state index is 15.0. The lowest BCUT2D eigenvalue weighted by Crippen LogP contribution is -2.62. The van der Waals surface area contributed by atoms with Crippen molar-refractivity contribution in [1.29, 1.82) is 0 Å². The van der Waals surface area contributed by atoms with E-state index in [0.717, 1.165) is 11.1 Å². The molecule has 2 rings (SSSR count). The second kappa shape index (κ2) is 26.3. The molecule has 0 saturated heterocycles. The maximum absolute atomic E-state index is 15.0. The Balaban J connectivity index is 2.53. The molecule has 16 nitrogen and oxygen atoms in total. The van der Waals surface area contributed by atoms with Gasteiger partial charge >= 0.3 is 0 Å². The van der Waals surface area contributed by atoms with Gasteiger partial charge in [0.1, 0.15) is 30.2 Å². The minimum atomic E-state index is -1.09. The molecule has 0 saturated carbocycles. The van der Waals surface area contributed by atoms with Crippen molar-refractivity contribution in [2.45, 2.75) is 117 Å². The zero-order valence-electron chi connectivity index (χ0n) is 40.6. The number of hydrogen-bond donors (Lipinski definition) is 5. The molecule has 6 atom stereocenters. The van der Waals surface area contributed by atoms with Gasteiger partial charge in [-0.05, 0) is 54.7 Å². The number of nitrogens with one attached hydrogen (secondary N) is 3. The van der Waals surface area contributed by atoms with Crippen molar-refractivity contribution in [3.8, 4) is 0 Å². The molecule has 0 unspecified atom stereocenters. The molecule has 356 valence electrons. The summed E-state index contributed by atoms with van der Waals surface area (Å²) in [5.41, 5.74) is 12.5. The first-order chi connectivity index (χ1) is 30.1. The number of nitrogens with two attached hydrogens (primary N) is 2. The second-order valence-corrected chi connectivity index (χ2v) is 18.1. The Morgan fingerprint density at radius 2 is 0.984 bits per heavy atom. The van der Waals surface area contributed by atoms with Crippen molar-refractivity contribution in [3.05, 3.63) is 71.8 Å². The van der Waals surface area contributed by atoms with Crippen LogP contribution in [0.4, 0.5) is 0 Å². The Morgan fingerprint density at radius 1 is 0.547 bits per heavy atom. The highest BCUT2D eigenvalue weighted by atomic mass is 16.2. The molecular weight excluding hydrogens is 813 g/mol. The summed E-state index contributed by atoms with van der Waals surface area (Å²) >= 11 is 0. The number of nitrogens with zero attached hydrogens (tertiary/aromatic N) is 5. The fourth-order valence-electron chi connectivity index (χ4n) is 8.02. The minimum Gasteiger partial charge on any atom is -0.370 e. The molecule has 0 heterocycles. The van der Waals surface area contributed by atoms with Gasteiger partial charge in [0.2, 0.25) is 35.4 Å². The van der Waals surface area contributed by atoms with Gasteiger partial charge in [0.05, 0.1) is 6.04 Å². The zero-order chi connectivity index (χ0) is 48.4. The van der Waals surface area contributed by atoms with Crippen LogP contribution >= 0.6 is 0 Å². The average Bonchev–Trinajstić information content (AvgIpc) is 3.24. The van der Waals surface area contributed by atoms with Gasteiger partial charge in [-0.15, -0.1) is 0 Å². The summed E-state index contributed by atoms with van der Waals surface area (Å²) in [5, 5.41) is 8.91. The van der Waals surface area contributed by atoms with E-state index in [2.05, 4.69) is 20.9 Å². The number of unbranched alkanes of at least 4 members (excludes halogenated alkanes) is 1. The molecule has 0 aliphatic heterocycles. The van der Waals surface area contributed by atoms with E-state index >= 15 is 4.79 Å². The summed E-state index contributed by atoms with van der Waals surface area (Å²) in [4.78, 5) is 95.6. The number of likely N-dealkylation sites (N-methyl/N-ethyl adjacent to an activating group) is 5. The van der Waals surface area contributed by atoms with Crippen LogP contribution in [0.5, 0.6) is 0 Å². The third-order valence-corrected chi connectivity index (χ3v) is 11.7. The van der Waals surface area contributed by atoms with Crippen LogP contribution in [0, 0.1) is 23.7 Å². The van der Waals surface area contributed by atoms with E-state index in [1.165, 1.54) is 19.6 Å². The fourth-order valence-corrected chi connectivity index (χ4v) is 8.02. The SMILES string of the molecule is CN[C@H](C(=O)N[C@H](C(=O)N(C)[C@H](C(=O)N(C)[C@@H](Cc1ccccc1)C(=O)N(C)[C@H](C(=O)N(C)[C@@H](Cc1ccccc1)C(=O)NCCCCN=C(N)N)C(C)C)C(C)C)C(C)C)C(C)C. The molecule has 0 spiro atoms. The highest BCUT2D eigenvalue weighted by Crippen LogP contribution is 2.23. The Morgan fingerprint density at radius 3 is 1.41 bits per heavy atom. The molecular formula is C48H78N10O6. The lowest BCUT2D eigenvalue weighted by atomic mass is 9.94. The summed E-state index contributed by atoms with van der Waals surface area (Å²) in [7, 11) is 7.93. The van der Waals surface area contributed by atoms with Crippen LogP contribution in [0.1, 0.15) is 79.4 Å². The van der Waals surface area contributed by atoms with E-state index in [1.807, 2.05) is 116 Å². The monoisotopic (exact) mass is 891 g/mol. The van der Waals surface area contributed by atoms with Gasteiger partial charge in [0, 0.05) is 54.1 Å². The van der Waals surface area contributed by atoms with Crippen molar-refractivity contribution >= 4 is 41.4 Å². The number of aliphatic imine (C=N–C) groups is 1. The number of rotatable bonds is 25. The quantitative estimate of drug-likeness (QED) is 0.0562. The van der Waals surface area contributed by atoms with Crippen LogP contribution in [0.25, 0.3) is 0 Å². The van der Waals surface area contributed by atoms with Crippen LogP contribution in [-0.4, -0.2) is 146 Å². The predicted octanol–water partition coefficient (Wildman–Crippen LogP) is 2.65. The Kier molecular flexibility index (Phi) is 22.5. The van der Waals surface area contributed by atoms with E-state index in [4.69, 9.17) is 11.5 Å². The largest absolute Gasteiger partial charge is 0.370 e. The molecule has 2 aromatic rings. The van der Waals surface area contributed by atoms with Crippen molar-refractivity contribution in [3.63, 3.8) is 0 Å². The summed E-state index contributed by atoms with van der Waals surface area (Å²) in [6.07, 6.45) is 1.62. The van der Waals surface area contributed by atoms with Crippen molar-refractivity contribution < 1.29 is 28.8 Å². The van der Waals surface area contributed by atoms with Crippen LogP contribution in [0.2, 0.25) is 0 Å². The van der Waals surface area contributed by atoms with E-state index in [1.54, 1.807) is 35.2 Å². The van der Waals surface area contributed by atoms with E-state index in [-0.39, 0.29) is 48.4 Å². The molecule has 0 aliphatic carbocycles. The molecule has 0 aliphatic rings. The topological polar surface area (TPSA) is 216 Å². The normalized spacial score (nSPS) is 14.2.